The van der Waals surface area contributed by atoms with E-state index in [1.54, 1.807) is 0 Å². The van der Waals surface area contributed by atoms with Crippen LogP contribution in [0.25, 0.3) is 0 Å². The van der Waals surface area contributed by atoms with Crippen LogP contribution in [0.2, 0.25) is 0 Å². The van der Waals surface area contributed by atoms with Crippen LogP contribution in [-0.4, -0.2) is 62.8 Å². The molecule has 0 unspecified atom stereocenters. The second-order valence-electron chi connectivity index (χ2n) is 6.06. The Morgan fingerprint density at radius 3 is 2.16 bits per heavy atom. The number of unbranched alkanes of at least 4 members (excludes halogenated alkanes) is 1. The van der Waals surface area contributed by atoms with E-state index in [2.05, 4.69) is 30.8 Å². The molecule has 1 saturated carbocycles. The maximum absolute atomic E-state index is 5.24. The van der Waals surface area contributed by atoms with Crippen LogP contribution >= 0.6 is 0 Å². The highest BCUT2D eigenvalue weighted by atomic mass is 16.5. The van der Waals surface area contributed by atoms with Gasteiger partial charge in [0.05, 0.1) is 13.2 Å². The van der Waals surface area contributed by atoms with Crippen molar-refractivity contribution >= 4 is 0 Å². The standard InChI is InChI=1S/C8H17NO.C8H17N/c1-2-3-4-9-5-7-10-8-6-9;1-9(2)8-6-4-3-5-7-8/h2-8H2,1H3;8H,3-7H2,1-2H3. The van der Waals surface area contributed by atoms with Gasteiger partial charge in [-0.1, -0.05) is 32.6 Å². The molecule has 0 spiro atoms. The SMILES string of the molecule is CCCCN1CCOCC1.CN(C)C1CCCCC1. The van der Waals surface area contributed by atoms with Crippen LogP contribution in [0.15, 0.2) is 0 Å². The number of ether oxygens (including phenoxy) is 1. The fourth-order valence-electron chi connectivity index (χ4n) is 2.80. The van der Waals surface area contributed by atoms with Crippen molar-refractivity contribution < 1.29 is 4.74 Å². The van der Waals surface area contributed by atoms with E-state index in [-0.39, 0.29) is 0 Å². The Hall–Kier alpha value is -0.120. The maximum atomic E-state index is 5.24. The molecule has 0 atom stereocenters. The maximum Gasteiger partial charge on any atom is 0.0594 e. The van der Waals surface area contributed by atoms with Crippen LogP contribution < -0.4 is 0 Å². The van der Waals surface area contributed by atoms with Gasteiger partial charge in [-0.15, -0.1) is 0 Å². The first-order valence-electron chi connectivity index (χ1n) is 8.20. The number of morpholine rings is 1. The van der Waals surface area contributed by atoms with Crippen molar-refractivity contribution in [2.45, 2.75) is 57.9 Å². The second-order valence-corrected chi connectivity index (χ2v) is 6.06. The van der Waals surface area contributed by atoms with Gasteiger partial charge in [-0.05, 0) is 39.9 Å². The largest absolute Gasteiger partial charge is 0.379 e. The molecule has 2 aliphatic rings. The van der Waals surface area contributed by atoms with Crippen LogP contribution in [-0.2, 0) is 4.74 Å². The summed E-state index contributed by atoms with van der Waals surface area (Å²) in [5.41, 5.74) is 0. The van der Waals surface area contributed by atoms with Crippen LogP contribution in [0, 0.1) is 0 Å². The Morgan fingerprint density at radius 2 is 1.68 bits per heavy atom. The number of hydrogen-bond donors (Lipinski definition) is 0. The average Bonchev–Trinajstić information content (AvgIpc) is 2.48. The van der Waals surface area contributed by atoms with Crippen molar-refractivity contribution in [1.29, 1.82) is 0 Å². The van der Waals surface area contributed by atoms with Gasteiger partial charge < -0.3 is 9.64 Å². The highest BCUT2D eigenvalue weighted by Gasteiger charge is 2.13. The molecule has 1 saturated heterocycles. The quantitative estimate of drug-likeness (QED) is 0.781. The van der Waals surface area contributed by atoms with Gasteiger partial charge in [0.25, 0.3) is 0 Å². The zero-order chi connectivity index (χ0) is 13.9. The summed E-state index contributed by atoms with van der Waals surface area (Å²) in [4.78, 5) is 4.84. The van der Waals surface area contributed by atoms with E-state index in [0.29, 0.717) is 0 Å². The summed E-state index contributed by atoms with van der Waals surface area (Å²) in [6, 6.07) is 0.888. The summed E-state index contributed by atoms with van der Waals surface area (Å²) < 4.78 is 5.24. The molecule has 1 aliphatic heterocycles. The van der Waals surface area contributed by atoms with Gasteiger partial charge in [0.15, 0.2) is 0 Å². The van der Waals surface area contributed by atoms with E-state index in [9.17, 15) is 0 Å². The summed E-state index contributed by atoms with van der Waals surface area (Å²) in [7, 11) is 4.38. The Labute approximate surface area is 120 Å². The van der Waals surface area contributed by atoms with Gasteiger partial charge in [-0.25, -0.2) is 0 Å². The number of rotatable bonds is 4. The zero-order valence-electron chi connectivity index (χ0n) is 13.4. The molecule has 0 N–H and O–H groups in total. The van der Waals surface area contributed by atoms with Gasteiger partial charge in [0.1, 0.15) is 0 Å². The lowest BCUT2D eigenvalue weighted by Gasteiger charge is -2.27. The molecule has 0 aromatic carbocycles. The lowest BCUT2D eigenvalue weighted by molar-refractivity contribution is 0.0373. The van der Waals surface area contributed by atoms with Crippen molar-refractivity contribution in [3.05, 3.63) is 0 Å². The fourth-order valence-corrected chi connectivity index (χ4v) is 2.80. The van der Waals surface area contributed by atoms with Crippen molar-refractivity contribution in [2.24, 2.45) is 0 Å². The van der Waals surface area contributed by atoms with Gasteiger partial charge >= 0.3 is 0 Å². The average molecular weight is 270 g/mol. The summed E-state index contributed by atoms with van der Waals surface area (Å²) in [5, 5.41) is 0. The minimum atomic E-state index is 0.888. The fraction of sp³-hybridized carbons (Fsp3) is 1.00. The first-order chi connectivity index (χ1) is 9.24. The molecule has 0 bridgehead atoms. The van der Waals surface area contributed by atoms with E-state index in [4.69, 9.17) is 4.74 Å². The van der Waals surface area contributed by atoms with Crippen molar-refractivity contribution in [1.82, 2.24) is 9.80 Å². The first-order valence-corrected chi connectivity index (χ1v) is 8.20. The molecule has 3 nitrogen and oxygen atoms in total. The van der Waals surface area contributed by atoms with Gasteiger partial charge in [-0.2, -0.15) is 0 Å². The molecule has 2 fully saturated rings. The van der Waals surface area contributed by atoms with Gasteiger partial charge in [-0.3, -0.25) is 4.90 Å². The van der Waals surface area contributed by atoms with E-state index in [1.165, 1.54) is 51.5 Å². The second kappa shape index (κ2) is 10.6. The summed E-state index contributed by atoms with van der Waals surface area (Å²) in [6.07, 6.45) is 9.84. The van der Waals surface area contributed by atoms with Gasteiger partial charge in [0.2, 0.25) is 0 Å². The van der Waals surface area contributed by atoms with Crippen molar-refractivity contribution in [3.63, 3.8) is 0 Å². The third-order valence-electron chi connectivity index (χ3n) is 4.24. The number of nitrogens with zero attached hydrogens (tertiary/aromatic N) is 2. The van der Waals surface area contributed by atoms with Crippen molar-refractivity contribution in [3.8, 4) is 0 Å². The lowest BCUT2D eigenvalue weighted by Crippen LogP contribution is -2.36. The third-order valence-corrected chi connectivity index (χ3v) is 4.24. The Morgan fingerprint density at radius 1 is 1.05 bits per heavy atom. The topological polar surface area (TPSA) is 15.7 Å². The smallest absolute Gasteiger partial charge is 0.0594 e. The Kier molecular flexibility index (Phi) is 9.48. The van der Waals surface area contributed by atoms with Crippen LogP contribution in [0.1, 0.15) is 51.9 Å². The predicted octanol–water partition coefficient (Wildman–Crippen LogP) is 3.00. The summed E-state index contributed by atoms with van der Waals surface area (Å²) >= 11 is 0. The molecule has 0 aromatic heterocycles. The minimum Gasteiger partial charge on any atom is -0.379 e. The normalized spacial score (nSPS) is 22.1. The third kappa shape index (κ3) is 7.91. The van der Waals surface area contributed by atoms with Crippen molar-refractivity contribution in [2.75, 3.05) is 46.9 Å². The summed E-state index contributed by atoms with van der Waals surface area (Å²) in [5.74, 6) is 0. The molecule has 1 heterocycles. The monoisotopic (exact) mass is 270 g/mol. The predicted molar refractivity (Wildman–Crippen MR) is 82.7 cm³/mol. The van der Waals surface area contributed by atoms with E-state index >= 15 is 0 Å². The van der Waals surface area contributed by atoms with Crippen LogP contribution in [0.3, 0.4) is 0 Å². The molecule has 19 heavy (non-hydrogen) atoms. The van der Waals surface area contributed by atoms with E-state index in [1.807, 2.05) is 0 Å². The van der Waals surface area contributed by atoms with E-state index in [0.717, 1.165) is 32.3 Å². The molecule has 3 heteroatoms. The minimum absolute atomic E-state index is 0.888. The molecular formula is C16H34N2O. The molecule has 0 radical (unpaired) electrons. The Balaban J connectivity index is 0.000000191. The lowest BCUT2D eigenvalue weighted by atomic mass is 9.95. The van der Waals surface area contributed by atoms with Crippen LogP contribution in [0.5, 0.6) is 0 Å². The molecule has 114 valence electrons. The molecule has 1 aliphatic carbocycles. The number of hydrogen-bond acceptors (Lipinski definition) is 3. The summed E-state index contributed by atoms with van der Waals surface area (Å²) in [6.45, 7) is 7.65. The molecule has 0 aromatic rings. The molecular weight excluding hydrogens is 236 g/mol. The highest BCUT2D eigenvalue weighted by Crippen LogP contribution is 2.20. The molecule has 2 rings (SSSR count). The van der Waals surface area contributed by atoms with Gasteiger partial charge in [0, 0.05) is 19.1 Å². The van der Waals surface area contributed by atoms with E-state index < -0.39 is 0 Å². The molecule has 0 amide bonds. The highest BCUT2D eigenvalue weighted by molar-refractivity contribution is 4.70. The van der Waals surface area contributed by atoms with Crippen LogP contribution in [0.4, 0.5) is 0 Å². The zero-order valence-corrected chi connectivity index (χ0v) is 13.4. The Bertz CT molecular complexity index is 197. The first kappa shape index (κ1) is 16.9.